The zero-order chi connectivity index (χ0) is 11.7. The minimum atomic E-state index is 0.500. The fourth-order valence-electron chi connectivity index (χ4n) is 2.95. The van der Waals surface area contributed by atoms with E-state index in [1.807, 2.05) is 0 Å². The Morgan fingerprint density at radius 2 is 2.18 bits per heavy atom. The minimum absolute atomic E-state index is 0.500. The van der Waals surface area contributed by atoms with Gasteiger partial charge in [0.15, 0.2) is 11.0 Å². The van der Waals surface area contributed by atoms with Gasteiger partial charge in [0.2, 0.25) is 0 Å². The van der Waals surface area contributed by atoms with E-state index in [0.29, 0.717) is 17.1 Å². The molecule has 0 amide bonds. The molecule has 0 N–H and O–H groups in total. The summed E-state index contributed by atoms with van der Waals surface area (Å²) in [6, 6.07) is 0.520. The zero-order valence-electron chi connectivity index (χ0n) is 9.68. The predicted molar refractivity (Wildman–Crippen MR) is 66.3 cm³/mol. The second kappa shape index (κ2) is 4.78. The van der Waals surface area contributed by atoms with E-state index in [1.165, 1.54) is 19.3 Å². The van der Waals surface area contributed by atoms with Gasteiger partial charge in [-0.05, 0) is 12.8 Å². The summed E-state index contributed by atoms with van der Waals surface area (Å²) < 4.78 is 5.67. The zero-order valence-corrected chi connectivity index (χ0v) is 10.4. The van der Waals surface area contributed by atoms with Crippen LogP contribution in [0.4, 0.5) is 5.82 Å². The molecule has 2 fully saturated rings. The lowest BCUT2D eigenvalue weighted by molar-refractivity contribution is 0.121. The monoisotopic (exact) mass is 253 g/mol. The van der Waals surface area contributed by atoms with E-state index < -0.39 is 0 Å². The summed E-state index contributed by atoms with van der Waals surface area (Å²) >= 11 is 6.15. The van der Waals surface area contributed by atoms with Crippen molar-refractivity contribution in [2.24, 2.45) is 5.92 Å². The van der Waals surface area contributed by atoms with E-state index in [2.05, 4.69) is 14.9 Å². The van der Waals surface area contributed by atoms with Gasteiger partial charge in [0.25, 0.3) is 0 Å². The molecule has 1 saturated carbocycles. The number of ether oxygens (including phenoxy) is 1. The Kier molecular flexibility index (Phi) is 3.16. The van der Waals surface area contributed by atoms with Crippen LogP contribution in [0.3, 0.4) is 0 Å². The molecule has 2 aliphatic rings. The second-order valence-corrected chi connectivity index (χ2v) is 5.06. The van der Waals surface area contributed by atoms with Crippen molar-refractivity contribution in [3.63, 3.8) is 0 Å². The Labute approximate surface area is 106 Å². The number of aromatic nitrogens is 2. The number of hydrogen-bond acceptors (Lipinski definition) is 4. The molecule has 4 nitrogen and oxygen atoms in total. The second-order valence-electron chi connectivity index (χ2n) is 4.70. The number of rotatable bonds is 1. The molecule has 1 aliphatic heterocycles. The SMILES string of the molecule is Clc1nccnc1N1CCOC[C@@H]2CCC[C@H]21. The first-order valence-corrected chi connectivity index (χ1v) is 6.55. The van der Waals surface area contributed by atoms with Crippen LogP contribution >= 0.6 is 11.6 Å². The molecular weight excluding hydrogens is 238 g/mol. The van der Waals surface area contributed by atoms with Crippen molar-refractivity contribution in [3.05, 3.63) is 17.5 Å². The number of fused-ring (bicyclic) bond motifs is 1. The van der Waals surface area contributed by atoms with Crippen molar-refractivity contribution in [1.82, 2.24) is 9.97 Å². The number of halogens is 1. The molecule has 92 valence electrons. The molecule has 2 heterocycles. The lowest BCUT2D eigenvalue weighted by Crippen LogP contribution is -2.39. The van der Waals surface area contributed by atoms with Crippen molar-refractivity contribution < 1.29 is 4.74 Å². The summed E-state index contributed by atoms with van der Waals surface area (Å²) in [6.07, 6.45) is 7.07. The third-order valence-electron chi connectivity index (χ3n) is 3.74. The molecule has 0 radical (unpaired) electrons. The highest BCUT2D eigenvalue weighted by Gasteiger charge is 2.35. The molecule has 0 spiro atoms. The normalized spacial score (nSPS) is 28.9. The van der Waals surface area contributed by atoms with Crippen LogP contribution in [0.15, 0.2) is 12.4 Å². The van der Waals surface area contributed by atoms with E-state index in [1.54, 1.807) is 12.4 Å². The first-order valence-electron chi connectivity index (χ1n) is 6.17. The molecule has 5 heteroatoms. The Hall–Kier alpha value is -0.870. The summed E-state index contributed by atoms with van der Waals surface area (Å²) in [7, 11) is 0. The molecule has 1 aliphatic carbocycles. The van der Waals surface area contributed by atoms with Crippen LogP contribution in [0.5, 0.6) is 0 Å². The third-order valence-corrected chi connectivity index (χ3v) is 4.00. The highest BCUT2D eigenvalue weighted by atomic mass is 35.5. The van der Waals surface area contributed by atoms with Crippen molar-refractivity contribution in [3.8, 4) is 0 Å². The summed E-state index contributed by atoms with van der Waals surface area (Å²) in [5.41, 5.74) is 0. The summed E-state index contributed by atoms with van der Waals surface area (Å²) in [5, 5.41) is 0.500. The van der Waals surface area contributed by atoms with Gasteiger partial charge in [0.05, 0.1) is 13.2 Å². The molecule has 0 bridgehead atoms. The fourth-order valence-corrected chi connectivity index (χ4v) is 3.17. The van der Waals surface area contributed by atoms with Crippen LogP contribution in [0.2, 0.25) is 5.15 Å². The lowest BCUT2D eigenvalue weighted by Gasteiger charge is -2.31. The lowest BCUT2D eigenvalue weighted by atomic mass is 10.0. The molecule has 1 aromatic heterocycles. The van der Waals surface area contributed by atoms with E-state index in [0.717, 1.165) is 25.6 Å². The number of hydrogen-bond donors (Lipinski definition) is 0. The van der Waals surface area contributed by atoms with Gasteiger partial charge in [0, 0.05) is 30.9 Å². The Morgan fingerprint density at radius 3 is 3.06 bits per heavy atom. The van der Waals surface area contributed by atoms with Crippen molar-refractivity contribution in [1.29, 1.82) is 0 Å². The summed E-state index contributed by atoms with van der Waals surface area (Å²) in [5.74, 6) is 1.44. The van der Waals surface area contributed by atoms with E-state index >= 15 is 0 Å². The van der Waals surface area contributed by atoms with Gasteiger partial charge in [0.1, 0.15) is 0 Å². The predicted octanol–water partition coefficient (Wildman–Crippen LogP) is 2.14. The number of nitrogens with zero attached hydrogens (tertiary/aromatic N) is 3. The van der Waals surface area contributed by atoms with Crippen LogP contribution in [0.1, 0.15) is 19.3 Å². The molecule has 0 unspecified atom stereocenters. The first kappa shape index (κ1) is 11.2. The topological polar surface area (TPSA) is 38.2 Å². The van der Waals surface area contributed by atoms with Crippen LogP contribution < -0.4 is 4.90 Å². The molecule has 1 saturated heterocycles. The van der Waals surface area contributed by atoms with Gasteiger partial charge < -0.3 is 9.64 Å². The Balaban J connectivity index is 1.92. The maximum atomic E-state index is 6.15. The molecule has 17 heavy (non-hydrogen) atoms. The van der Waals surface area contributed by atoms with E-state index in [4.69, 9.17) is 16.3 Å². The standard InChI is InChI=1S/C12H16ClN3O/c13-11-12(15-5-4-14-11)16-6-7-17-8-9-2-1-3-10(9)16/h4-5,9-10H,1-3,6-8H2/t9-,10+/m0/s1. The fraction of sp³-hybridized carbons (Fsp3) is 0.667. The molecule has 3 rings (SSSR count). The quantitative estimate of drug-likeness (QED) is 0.769. The molecule has 0 aromatic carbocycles. The molecular formula is C12H16ClN3O. The van der Waals surface area contributed by atoms with Crippen LogP contribution in [0.25, 0.3) is 0 Å². The molecule has 2 atom stereocenters. The highest BCUT2D eigenvalue weighted by Crippen LogP contribution is 2.35. The van der Waals surface area contributed by atoms with Crippen LogP contribution in [-0.2, 0) is 4.74 Å². The minimum Gasteiger partial charge on any atom is -0.379 e. The highest BCUT2D eigenvalue weighted by molar-refractivity contribution is 6.31. The van der Waals surface area contributed by atoms with Crippen molar-refractivity contribution >= 4 is 17.4 Å². The van der Waals surface area contributed by atoms with Gasteiger partial charge in [-0.2, -0.15) is 0 Å². The van der Waals surface area contributed by atoms with Crippen molar-refractivity contribution in [2.45, 2.75) is 25.3 Å². The van der Waals surface area contributed by atoms with Gasteiger partial charge >= 0.3 is 0 Å². The van der Waals surface area contributed by atoms with E-state index in [-0.39, 0.29) is 0 Å². The van der Waals surface area contributed by atoms with Crippen LogP contribution in [0, 0.1) is 5.92 Å². The first-order chi connectivity index (χ1) is 8.36. The molecule has 1 aromatic rings. The average molecular weight is 254 g/mol. The van der Waals surface area contributed by atoms with Gasteiger partial charge in [-0.1, -0.05) is 18.0 Å². The van der Waals surface area contributed by atoms with E-state index in [9.17, 15) is 0 Å². The van der Waals surface area contributed by atoms with Crippen LogP contribution in [-0.4, -0.2) is 35.8 Å². The maximum absolute atomic E-state index is 6.15. The average Bonchev–Trinajstić information content (AvgIpc) is 2.71. The van der Waals surface area contributed by atoms with Gasteiger partial charge in [-0.3, -0.25) is 0 Å². The summed E-state index contributed by atoms with van der Waals surface area (Å²) in [6.45, 7) is 2.48. The third kappa shape index (κ3) is 2.11. The largest absolute Gasteiger partial charge is 0.379 e. The Bertz CT molecular complexity index is 401. The van der Waals surface area contributed by atoms with Crippen molar-refractivity contribution in [2.75, 3.05) is 24.7 Å². The Morgan fingerprint density at radius 1 is 1.29 bits per heavy atom. The number of anilines is 1. The van der Waals surface area contributed by atoms with Gasteiger partial charge in [-0.25, -0.2) is 9.97 Å². The smallest absolute Gasteiger partial charge is 0.171 e. The van der Waals surface area contributed by atoms with Gasteiger partial charge in [-0.15, -0.1) is 0 Å². The maximum Gasteiger partial charge on any atom is 0.171 e. The summed E-state index contributed by atoms with van der Waals surface area (Å²) in [4.78, 5) is 10.8.